The van der Waals surface area contributed by atoms with Crippen LogP contribution in [0.4, 0.5) is 5.69 Å². The number of hydrogen-bond acceptors (Lipinski definition) is 5. The largest absolute Gasteiger partial charge is 0.382 e. The minimum atomic E-state index is -0.215. The van der Waals surface area contributed by atoms with Crippen molar-refractivity contribution in [2.75, 3.05) is 25.5 Å². The van der Waals surface area contributed by atoms with E-state index in [1.807, 2.05) is 20.8 Å². The van der Waals surface area contributed by atoms with Crippen LogP contribution in [0.2, 0.25) is 0 Å². The average Bonchev–Trinajstić information content (AvgIpc) is 2.46. The van der Waals surface area contributed by atoms with Gasteiger partial charge in [-0.05, 0) is 13.8 Å². The number of rotatable bonds is 6. The van der Waals surface area contributed by atoms with Gasteiger partial charge in [-0.2, -0.15) is 5.26 Å². The van der Waals surface area contributed by atoms with Crippen molar-refractivity contribution in [3.63, 3.8) is 0 Å². The average molecular weight is 289 g/mol. The van der Waals surface area contributed by atoms with Crippen molar-refractivity contribution in [2.24, 2.45) is 5.92 Å². The van der Waals surface area contributed by atoms with Crippen LogP contribution in [0.25, 0.3) is 0 Å². The molecular weight excluding hydrogens is 266 g/mol. The molecule has 0 aliphatic rings. The highest BCUT2D eigenvalue weighted by molar-refractivity contribution is 5.97. The predicted molar refractivity (Wildman–Crippen MR) is 82.0 cm³/mol. The van der Waals surface area contributed by atoms with Gasteiger partial charge in [-0.3, -0.25) is 4.79 Å². The first-order valence-corrected chi connectivity index (χ1v) is 7.16. The van der Waals surface area contributed by atoms with Crippen LogP contribution in [0.5, 0.6) is 0 Å². The van der Waals surface area contributed by atoms with Gasteiger partial charge in [0.05, 0.1) is 23.9 Å². The van der Waals surface area contributed by atoms with Gasteiger partial charge >= 0.3 is 0 Å². The summed E-state index contributed by atoms with van der Waals surface area (Å²) in [5, 5.41) is 12.0. The van der Waals surface area contributed by atoms with E-state index < -0.39 is 0 Å². The lowest BCUT2D eigenvalue weighted by atomic mass is 10.1. The third-order valence-corrected chi connectivity index (χ3v) is 3.01. The van der Waals surface area contributed by atoms with Crippen LogP contribution < -0.4 is 5.32 Å². The monoisotopic (exact) mass is 289 g/mol. The third kappa shape index (κ3) is 4.42. The summed E-state index contributed by atoms with van der Waals surface area (Å²) in [6, 6.07) is 2.13. The van der Waals surface area contributed by atoms with Crippen LogP contribution in [0.3, 0.4) is 0 Å². The number of hydrogen-bond donors (Lipinski definition) is 1. The summed E-state index contributed by atoms with van der Waals surface area (Å²) < 4.78 is 0. The van der Waals surface area contributed by atoms with Gasteiger partial charge in [-0.25, -0.2) is 9.97 Å². The first-order valence-electron chi connectivity index (χ1n) is 7.16. The van der Waals surface area contributed by atoms with E-state index in [4.69, 9.17) is 5.26 Å². The normalized spacial score (nSPS) is 11.9. The summed E-state index contributed by atoms with van der Waals surface area (Å²) in [6.45, 7) is 8.77. The summed E-state index contributed by atoms with van der Waals surface area (Å²) >= 11 is 0. The number of aromatic nitrogens is 2. The van der Waals surface area contributed by atoms with Crippen molar-refractivity contribution in [1.82, 2.24) is 14.9 Å². The highest BCUT2D eigenvalue weighted by Gasteiger charge is 2.21. The molecule has 1 aromatic heterocycles. The molecule has 0 radical (unpaired) electrons. The molecule has 1 N–H and O–H groups in total. The fourth-order valence-electron chi connectivity index (χ4n) is 1.87. The second-order valence-corrected chi connectivity index (χ2v) is 5.39. The molecule has 0 aromatic carbocycles. The maximum atomic E-state index is 12.6. The highest BCUT2D eigenvalue weighted by Crippen LogP contribution is 2.18. The van der Waals surface area contributed by atoms with Crippen molar-refractivity contribution in [1.29, 1.82) is 5.26 Å². The standard InChI is InChI=1S/C15H23N5O/c1-6-17-12-8-18-14(10(2)3)19-13(12)15(21)20(5)9-11(4)7-16/h8,10-11,17H,6,9H2,1-5H3. The third-order valence-electron chi connectivity index (χ3n) is 3.01. The quantitative estimate of drug-likeness (QED) is 0.868. The van der Waals surface area contributed by atoms with Crippen molar-refractivity contribution in [3.05, 3.63) is 17.7 Å². The summed E-state index contributed by atoms with van der Waals surface area (Å²) in [5.74, 6) is 0.377. The van der Waals surface area contributed by atoms with Gasteiger partial charge in [0.1, 0.15) is 5.82 Å². The summed E-state index contributed by atoms with van der Waals surface area (Å²) in [5.41, 5.74) is 0.992. The van der Waals surface area contributed by atoms with E-state index in [1.165, 1.54) is 4.90 Å². The van der Waals surface area contributed by atoms with Crippen LogP contribution in [0.15, 0.2) is 6.20 Å². The molecule has 1 unspecified atom stereocenters. The number of carbonyl (C=O) groups is 1. The first-order chi connectivity index (χ1) is 9.90. The number of anilines is 1. The molecule has 1 heterocycles. The molecule has 0 bridgehead atoms. The molecular formula is C15H23N5O. The zero-order chi connectivity index (χ0) is 16.0. The van der Waals surface area contributed by atoms with Crippen molar-refractivity contribution in [3.8, 4) is 6.07 Å². The van der Waals surface area contributed by atoms with Crippen molar-refractivity contribution in [2.45, 2.75) is 33.6 Å². The lowest BCUT2D eigenvalue weighted by molar-refractivity contribution is 0.0779. The van der Waals surface area contributed by atoms with Gasteiger partial charge in [-0.15, -0.1) is 0 Å². The Morgan fingerprint density at radius 3 is 2.67 bits per heavy atom. The first kappa shape index (κ1) is 16.9. The van der Waals surface area contributed by atoms with E-state index >= 15 is 0 Å². The zero-order valence-electron chi connectivity index (χ0n) is 13.3. The fourth-order valence-corrected chi connectivity index (χ4v) is 1.87. The minimum Gasteiger partial charge on any atom is -0.382 e. The molecule has 0 saturated heterocycles. The Kier molecular flexibility index (Phi) is 6.10. The number of carbonyl (C=O) groups excluding carboxylic acids is 1. The Hall–Kier alpha value is -2.16. The van der Waals surface area contributed by atoms with Gasteiger partial charge < -0.3 is 10.2 Å². The number of nitrogens with one attached hydrogen (secondary N) is 1. The molecule has 6 nitrogen and oxygen atoms in total. The van der Waals surface area contributed by atoms with Crippen LogP contribution in [-0.4, -0.2) is 40.9 Å². The van der Waals surface area contributed by atoms with E-state index in [1.54, 1.807) is 20.2 Å². The van der Waals surface area contributed by atoms with E-state index in [-0.39, 0.29) is 17.7 Å². The summed E-state index contributed by atoms with van der Waals surface area (Å²) in [6.07, 6.45) is 1.65. The summed E-state index contributed by atoms with van der Waals surface area (Å²) in [7, 11) is 1.68. The molecule has 1 amide bonds. The Bertz CT molecular complexity index is 535. The van der Waals surface area contributed by atoms with E-state index in [9.17, 15) is 4.79 Å². The number of nitriles is 1. The molecule has 1 rings (SSSR count). The molecule has 6 heteroatoms. The zero-order valence-corrected chi connectivity index (χ0v) is 13.3. The topological polar surface area (TPSA) is 81.9 Å². The van der Waals surface area contributed by atoms with Gasteiger partial charge in [0.15, 0.2) is 5.69 Å². The van der Waals surface area contributed by atoms with E-state index in [2.05, 4.69) is 21.4 Å². The lowest BCUT2D eigenvalue weighted by Gasteiger charge is -2.20. The smallest absolute Gasteiger partial charge is 0.274 e. The maximum absolute atomic E-state index is 12.6. The molecule has 0 saturated carbocycles. The molecule has 21 heavy (non-hydrogen) atoms. The lowest BCUT2D eigenvalue weighted by Crippen LogP contribution is -2.32. The molecule has 0 aliphatic heterocycles. The van der Waals surface area contributed by atoms with Crippen molar-refractivity contribution >= 4 is 11.6 Å². The molecule has 1 atom stereocenters. The fraction of sp³-hybridized carbons (Fsp3) is 0.600. The van der Waals surface area contributed by atoms with Crippen LogP contribution in [-0.2, 0) is 0 Å². The van der Waals surface area contributed by atoms with Crippen LogP contribution in [0.1, 0.15) is 49.9 Å². The number of amides is 1. The minimum absolute atomic E-state index is 0.149. The van der Waals surface area contributed by atoms with Gasteiger partial charge in [-0.1, -0.05) is 13.8 Å². The number of nitrogens with zero attached hydrogens (tertiary/aromatic N) is 4. The van der Waals surface area contributed by atoms with Crippen LogP contribution >= 0.6 is 0 Å². The van der Waals surface area contributed by atoms with Gasteiger partial charge in [0.25, 0.3) is 5.91 Å². The maximum Gasteiger partial charge on any atom is 0.274 e. The molecule has 114 valence electrons. The predicted octanol–water partition coefficient (Wildman–Crippen LogP) is 2.26. The molecule has 1 aromatic rings. The Balaban J connectivity index is 3.10. The second kappa shape index (κ2) is 7.58. The SMILES string of the molecule is CCNc1cnc(C(C)C)nc1C(=O)N(C)CC(C)C#N. The molecule has 0 fully saturated rings. The van der Waals surface area contributed by atoms with Crippen molar-refractivity contribution < 1.29 is 4.79 Å². The Morgan fingerprint density at radius 2 is 2.14 bits per heavy atom. The van der Waals surface area contributed by atoms with Gasteiger partial charge in [0.2, 0.25) is 0 Å². The molecule has 0 spiro atoms. The van der Waals surface area contributed by atoms with Crippen LogP contribution in [0, 0.1) is 17.2 Å². The second-order valence-electron chi connectivity index (χ2n) is 5.39. The molecule has 0 aliphatic carbocycles. The van der Waals surface area contributed by atoms with E-state index in [0.29, 0.717) is 30.3 Å². The summed E-state index contributed by atoms with van der Waals surface area (Å²) in [4.78, 5) is 22.8. The highest BCUT2D eigenvalue weighted by atomic mass is 16.2. The van der Waals surface area contributed by atoms with E-state index in [0.717, 1.165) is 0 Å². The van der Waals surface area contributed by atoms with Gasteiger partial charge in [0, 0.05) is 26.1 Å². The Morgan fingerprint density at radius 1 is 1.48 bits per heavy atom. The Labute approximate surface area is 126 Å².